The molecule has 5 nitrogen and oxygen atoms in total. The minimum absolute atomic E-state index is 0. The molecule has 1 amide bonds. The standard InChI is InChI=1S/C14H22N2O3.ClH/c1-4-5-11(15)14(17)16-9-10-6-7-12(18-2)13(8-10)19-3;/h6-8,11H,4-5,9,15H2,1-3H3,(H,16,17);1H. The van der Waals surface area contributed by atoms with Crippen LogP contribution in [0.25, 0.3) is 0 Å². The lowest BCUT2D eigenvalue weighted by Crippen LogP contribution is -2.40. The van der Waals surface area contributed by atoms with Gasteiger partial charge in [-0.1, -0.05) is 19.4 Å². The molecule has 0 spiro atoms. The zero-order valence-electron chi connectivity index (χ0n) is 12.1. The first-order valence-corrected chi connectivity index (χ1v) is 6.36. The smallest absolute Gasteiger partial charge is 0.237 e. The summed E-state index contributed by atoms with van der Waals surface area (Å²) in [6.07, 6.45) is 1.59. The molecule has 1 aromatic rings. The maximum Gasteiger partial charge on any atom is 0.237 e. The predicted molar refractivity (Wildman–Crippen MR) is 81.5 cm³/mol. The van der Waals surface area contributed by atoms with E-state index in [1.807, 2.05) is 25.1 Å². The van der Waals surface area contributed by atoms with Crippen LogP contribution in [0.3, 0.4) is 0 Å². The molecule has 0 bridgehead atoms. The Bertz CT molecular complexity index is 427. The SMILES string of the molecule is CCCC(N)C(=O)NCc1ccc(OC)c(OC)c1.Cl. The number of nitrogens with two attached hydrogens (primary N) is 1. The molecule has 0 saturated carbocycles. The molecule has 1 unspecified atom stereocenters. The average molecular weight is 303 g/mol. The Hall–Kier alpha value is -1.46. The highest BCUT2D eigenvalue weighted by molar-refractivity contribution is 5.85. The van der Waals surface area contributed by atoms with Crippen molar-refractivity contribution in [2.75, 3.05) is 14.2 Å². The number of carbonyl (C=O) groups is 1. The summed E-state index contributed by atoms with van der Waals surface area (Å²) in [7, 11) is 3.17. The number of ether oxygens (including phenoxy) is 2. The van der Waals surface area contributed by atoms with Gasteiger partial charge in [0.2, 0.25) is 5.91 Å². The van der Waals surface area contributed by atoms with E-state index in [4.69, 9.17) is 15.2 Å². The van der Waals surface area contributed by atoms with Crippen LogP contribution in [-0.4, -0.2) is 26.2 Å². The highest BCUT2D eigenvalue weighted by Crippen LogP contribution is 2.27. The molecule has 1 rings (SSSR count). The van der Waals surface area contributed by atoms with Crippen LogP contribution >= 0.6 is 12.4 Å². The first-order valence-electron chi connectivity index (χ1n) is 6.36. The lowest BCUT2D eigenvalue weighted by Gasteiger charge is -2.13. The van der Waals surface area contributed by atoms with Crippen molar-refractivity contribution >= 4 is 18.3 Å². The van der Waals surface area contributed by atoms with Crippen molar-refractivity contribution in [1.29, 1.82) is 0 Å². The van der Waals surface area contributed by atoms with Gasteiger partial charge in [0, 0.05) is 6.54 Å². The van der Waals surface area contributed by atoms with Gasteiger partial charge in [0.15, 0.2) is 11.5 Å². The van der Waals surface area contributed by atoms with Crippen LogP contribution < -0.4 is 20.5 Å². The summed E-state index contributed by atoms with van der Waals surface area (Å²) in [5.41, 5.74) is 6.68. The van der Waals surface area contributed by atoms with Gasteiger partial charge in [-0.05, 0) is 24.1 Å². The predicted octanol–water partition coefficient (Wildman–Crippen LogP) is 1.87. The maximum atomic E-state index is 11.7. The molecule has 0 radical (unpaired) electrons. The number of rotatable bonds is 7. The van der Waals surface area contributed by atoms with E-state index in [-0.39, 0.29) is 18.3 Å². The number of halogens is 1. The van der Waals surface area contributed by atoms with Crippen molar-refractivity contribution in [3.05, 3.63) is 23.8 Å². The monoisotopic (exact) mass is 302 g/mol. The Morgan fingerprint density at radius 1 is 1.30 bits per heavy atom. The first-order chi connectivity index (χ1) is 9.12. The molecule has 1 aromatic carbocycles. The number of benzene rings is 1. The van der Waals surface area contributed by atoms with Crippen LogP contribution in [-0.2, 0) is 11.3 Å². The molecule has 0 saturated heterocycles. The van der Waals surface area contributed by atoms with Crippen LogP contribution in [0.4, 0.5) is 0 Å². The third-order valence-corrected chi connectivity index (χ3v) is 2.85. The van der Waals surface area contributed by atoms with E-state index >= 15 is 0 Å². The molecule has 0 aliphatic heterocycles. The molecule has 1 atom stereocenters. The van der Waals surface area contributed by atoms with Crippen LogP contribution in [0.2, 0.25) is 0 Å². The molecular weight excluding hydrogens is 280 g/mol. The van der Waals surface area contributed by atoms with E-state index < -0.39 is 6.04 Å². The van der Waals surface area contributed by atoms with Gasteiger partial charge < -0.3 is 20.5 Å². The molecule has 0 fully saturated rings. The number of amides is 1. The highest BCUT2D eigenvalue weighted by Gasteiger charge is 2.12. The number of hydrogen-bond donors (Lipinski definition) is 2. The zero-order valence-corrected chi connectivity index (χ0v) is 13.0. The van der Waals surface area contributed by atoms with Gasteiger partial charge >= 0.3 is 0 Å². The molecular formula is C14H23ClN2O3. The summed E-state index contributed by atoms with van der Waals surface area (Å²) >= 11 is 0. The van der Waals surface area contributed by atoms with Crippen molar-refractivity contribution in [3.8, 4) is 11.5 Å². The Labute approximate surface area is 126 Å². The second-order valence-electron chi connectivity index (χ2n) is 4.30. The van der Waals surface area contributed by atoms with E-state index in [2.05, 4.69) is 5.32 Å². The van der Waals surface area contributed by atoms with Crippen LogP contribution in [0.1, 0.15) is 25.3 Å². The van der Waals surface area contributed by atoms with Crippen LogP contribution in [0, 0.1) is 0 Å². The molecule has 0 aliphatic carbocycles. The summed E-state index contributed by atoms with van der Waals surface area (Å²) in [5, 5.41) is 2.81. The fourth-order valence-corrected chi connectivity index (χ4v) is 1.75. The number of carbonyl (C=O) groups excluding carboxylic acids is 1. The van der Waals surface area contributed by atoms with Crippen LogP contribution in [0.15, 0.2) is 18.2 Å². The summed E-state index contributed by atoms with van der Waals surface area (Å²) in [5.74, 6) is 1.18. The van der Waals surface area contributed by atoms with Crippen molar-refractivity contribution in [3.63, 3.8) is 0 Å². The van der Waals surface area contributed by atoms with Gasteiger partial charge in [-0.2, -0.15) is 0 Å². The maximum absolute atomic E-state index is 11.7. The van der Waals surface area contributed by atoms with Gasteiger partial charge in [-0.15, -0.1) is 12.4 Å². The van der Waals surface area contributed by atoms with Crippen molar-refractivity contribution in [2.24, 2.45) is 5.73 Å². The Kier molecular flexibility index (Phi) is 8.76. The van der Waals surface area contributed by atoms with E-state index in [9.17, 15) is 4.79 Å². The minimum atomic E-state index is -0.440. The van der Waals surface area contributed by atoms with Gasteiger partial charge in [0.1, 0.15) is 0 Å². The van der Waals surface area contributed by atoms with E-state index in [1.54, 1.807) is 14.2 Å². The van der Waals surface area contributed by atoms with Crippen LogP contribution in [0.5, 0.6) is 11.5 Å². The summed E-state index contributed by atoms with van der Waals surface area (Å²) < 4.78 is 10.4. The lowest BCUT2D eigenvalue weighted by molar-refractivity contribution is -0.122. The quantitative estimate of drug-likeness (QED) is 0.806. The highest BCUT2D eigenvalue weighted by atomic mass is 35.5. The van der Waals surface area contributed by atoms with Gasteiger partial charge in [-0.3, -0.25) is 4.79 Å². The van der Waals surface area contributed by atoms with Gasteiger partial charge in [-0.25, -0.2) is 0 Å². The topological polar surface area (TPSA) is 73.6 Å². The van der Waals surface area contributed by atoms with E-state index in [1.165, 1.54) is 0 Å². The fourth-order valence-electron chi connectivity index (χ4n) is 1.75. The first kappa shape index (κ1) is 18.5. The summed E-state index contributed by atoms with van der Waals surface area (Å²) in [6.45, 7) is 2.43. The molecule has 20 heavy (non-hydrogen) atoms. The van der Waals surface area contributed by atoms with E-state index in [0.717, 1.165) is 12.0 Å². The largest absolute Gasteiger partial charge is 0.493 e. The summed E-state index contributed by atoms with van der Waals surface area (Å²) in [4.78, 5) is 11.7. The van der Waals surface area contributed by atoms with E-state index in [0.29, 0.717) is 24.5 Å². The second kappa shape index (κ2) is 9.44. The Morgan fingerprint density at radius 3 is 2.50 bits per heavy atom. The third-order valence-electron chi connectivity index (χ3n) is 2.85. The number of hydrogen-bond acceptors (Lipinski definition) is 4. The van der Waals surface area contributed by atoms with Crippen molar-refractivity contribution in [2.45, 2.75) is 32.4 Å². The lowest BCUT2D eigenvalue weighted by atomic mass is 10.1. The molecule has 114 valence electrons. The normalized spacial score (nSPS) is 11.2. The van der Waals surface area contributed by atoms with Gasteiger partial charge in [0.05, 0.1) is 20.3 Å². The zero-order chi connectivity index (χ0) is 14.3. The minimum Gasteiger partial charge on any atom is -0.493 e. The third kappa shape index (κ3) is 5.27. The fraction of sp³-hybridized carbons (Fsp3) is 0.500. The molecule has 3 N–H and O–H groups in total. The number of methoxy groups -OCH3 is 2. The average Bonchev–Trinajstić information content (AvgIpc) is 2.44. The van der Waals surface area contributed by atoms with Gasteiger partial charge in [0.25, 0.3) is 0 Å². The molecule has 0 aromatic heterocycles. The number of nitrogens with one attached hydrogen (secondary N) is 1. The molecule has 0 heterocycles. The summed E-state index contributed by atoms with van der Waals surface area (Å²) in [6, 6.07) is 5.09. The molecule has 6 heteroatoms. The Balaban J connectivity index is 0.00000361. The molecule has 0 aliphatic rings. The van der Waals surface area contributed by atoms with Crippen molar-refractivity contribution in [1.82, 2.24) is 5.32 Å². The Morgan fingerprint density at radius 2 is 1.95 bits per heavy atom. The second-order valence-corrected chi connectivity index (χ2v) is 4.30. The van der Waals surface area contributed by atoms with Crippen molar-refractivity contribution < 1.29 is 14.3 Å².